The van der Waals surface area contributed by atoms with Crippen LogP contribution in [-0.2, 0) is 27.3 Å². The number of phenolic OH excluding ortho intramolecular Hbond substituents is 1. The number of phenols is 1. The predicted octanol–water partition coefficient (Wildman–Crippen LogP) is 2.88. The van der Waals surface area contributed by atoms with E-state index in [0.29, 0.717) is 22.7 Å². The van der Waals surface area contributed by atoms with Crippen LogP contribution in [0.1, 0.15) is 57.2 Å². The lowest BCUT2D eigenvalue weighted by Gasteiger charge is -2.50. The van der Waals surface area contributed by atoms with Gasteiger partial charge in [0.05, 0.1) is 11.6 Å². The van der Waals surface area contributed by atoms with Gasteiger partial charge in [-0.15, -0.1) is 0 Å². The smallest absolute Gasteiger partial charge is 0.255 e. The minimum absolute atomic E-state index is 0.00669. The number of hydrogen-bond acceptors (Lipinski definition) is 9. The minimum atomic E-state index is -2.67. The third-order valence-electron chi connectivity index (χ3n) is 8.75. The molecule has 0 bridgehead atoms. The Morgan fingerprint density at radius 2 is 1.83 bits per heavy atom. The van der Waals surface area contributed by atoms with Gasteiger partial charge < -0.3 is 26.2 Å². The number of likely N-dealkylation sites (N-methyl/N-ethyl adjacent to an activating group) is 1. The minimum Gasteiger partial charge on any atom is -0.508 e. The molecule has 224 valence electrons. The van der Waals surface area contributed by atoms with Crippen LogP contribution >= 0.6 is 11.6 Å². The molecule has 1 saturated carbocycles. The number of fused-ring (bicyclic) bond motifs is 3. The second-order valence-electron chi connectivity index (χ2n) is 12.9. The zero-order valence-electron chi connectivity index (χ0n) is 24.4. The highest BCUT2D eigenvalue weighted by Crippen LogP contribution is 2.53. The van der Waals surface area contributed by atoms with Gasteiger partial charge in [0.25, 0.3) is 5.91 Å². The second kappa shape index (κ2) is 10.7. The normalized spacial score (nSPS) is 26.4. The van der Waals surface area contributed by atoms with Crippen molar-refractivity contribution in [3.05, 3.63) is 44.7 Å². The number of aromatic hydroxyl groups is 1. The first kappa shape index (κ1) is 31.0. The van der Waals surface area contributed by atoms with Crippen molar-refractivity contribution in [3.8, 4) is 5.75 Å². The molecule has 1 aromatic carbocycles. The number of carbonyl (C=O) groups excluding carboxylic acids is 3. The summed E-state index contributed by atoms with van der Waals surface area (Å²) >= 11 is 6.90. The lowest BCUT2D eigenvalue weighted by atomic mass is 9.57. The molecule has 0 heterocycles. The van der Waals surface area contributed by atoms with E-state index in [2.05, 4.69) is 25.7 Å². The van der Waals surface area contributed by atoms with Crippen molar-refractivity contribution >= 4 is 34.8 Å². The van der Waals surface area contributed by atoms with Crippen molar-refractivity contribution in [2.75, 3.05) is 27.2 Å². The van der Waals surface area contributed by atoms with E-state index in [9.17, 15) is 34.8 Å². The molecule has 0 aliphatic heterocycles. The molecule has 3 aliphatic rings. The molecule has 3 aliphatic carbocycles. The van der Waals surface area contributed by atoms with Crippen LogP contribution in [0, 0.1) is 17.3 Å². The average Bonchev–Trinajstić information content (AvgIpc) is 2.85. The Morgan fingerprint density at radius 3 is 2.37 bits per heavy atom. The fourth-order valence-corrected chi connectivity index (χ4v) is 6.83. The molecule has 0 aromatic heterocycles. The first-order valence-electron chi connectivity index (χ1n) is 13.9. The van der Waals surface area contributed by atoms with Gasteiger partial charge in [0.2, 0.25) is 5.78 Å². The molecule has 0 radical (unpaired) electrons. The molecule has 6 N–H and O–H groups in total. The molecule has 1 amide bonds. The van der Waals surface area contributed by atoms with Gasteiger partial charge >= 0.3 is 0 Å². The number of ketones is 2. The fraction of sp³-hybridized carbons (Fsp3) is 0.567. The topological polar surface area (TPSA) is 165 Å². The van der Waals surface area contributed by atoms with E-state index in [0.717, 1.165) is 19.5 Å². The molecular weight excluding hydrogens is 550 g/mol. The van der Waals surface area contributed by atoms with Gasteiger partial charge in [-0.25, -0.2) is 0 Å². The summed E-state index contributed by atoms with van der Waals surface area (Å²) in [6.45, 7) is 10.6. The maximum absolute atomic E-state index is 13.9. The third-order valence-corrected chi connectivity index (χ3v) is 9.22. The first-order chi connectivity index (χ1) is 18.9. The van der Waals surface area contributed by atoms with E-state index in [1.54, 1.807) is 14.1 Å². The number of rotatable bonds is 7. The molecular formula is C30H40ClN3O7. The monoisotopic (exact) mass is 589 g/mol. The molecule has 1 fully saturated rings. The van der Waals surface area contributed by atoms with Crippen molar-refractivity contribution in [2.45, 2.75) is 65.1 Å². The summed E-state index contributed by atoms with van der Waals surface area (Å²) < 4.78 is 0. The summed E-state index contributed by atoms with van der Waals surface area (Å²) in [6, 6.07) is 0.343. The van der Waals surface area contributed by atoms with E-state index in [1.807, 2.05) is 6.92 Å². The lowest BCUT2D eigenvalue weighted by molar-refractivity contribution is -0.153. The summed E-state index contributed by atoms with van der Waals surface area (Å²) in [5, 5.41) is 45.4. The molecule has 11 heteroatoms. The molecule has 0 saturated heterocycles. The molecule has 0 unspecified atom stereocenters. The van der Waals surface area contributed by atoms with Gasteiger partial charge in [-0.05, 0) is 75.0 Å². The SMILES string of the molecule is CCN(CCC(C)(C)C)Cc1cc(O)c2c(c1Cl)C[C@H]1C[C@H]3[C@H](N(C)C)C(=O)C(C(N)=O)=C(O)[C@@]3(O)C(=O)C1=C2O. The number of halogens is 1. The van der Waals surface area contributed by atoms with Gasteiger partial charge in [-0.1, -0.05) is 39.3 Å². The third kappa shape index (κ3) is 5.05. The van der Waals surface area contributed by atoms with Crippen molar-refractivity contribution in [2.24, 2.45) is 23.0 Å². The van der Waals surface area contributed by atoms with Crippen LogP contribution in [0.5, 0.6) is 5.75 Å². The Balaban J connectivity index is 1.82. The van der Waals surface area contributed by atoms with Gasteiger partial charge in [-0.3, -0.25) is 24.2 Å². The summed E-state index contributed by atoms with van der Waals surface area (Å²) in [6.07, 6.45) is 1.13. The maximum atomic E-state index is 13.9. The first-order valence-corrected chi connectivity index (χ1v) is 14.2. The van der Waals surface area contributed by atoms with Crippen molar-refractivity contribution in [3.63, 3.8) is 0 Å². The van der Waals surface area contributed by atoms with Crippen molar-refractivity contribution in [1.82, 2.24) is 9.80 Å². The number of amides is 1. The molecule has 1 aromatic rings. The van der Waals surface area contributed by atoms with Crippen LogP contribution < -0.4 is 5.73 Å². The highest BCUT2D eigenvalue weighted by atomic mass is 35.5. The standard InChI is InChI=1S/C30H40ClN3O7/c1-7-34(9-8-29(2,3)4)13-15-12-18(35)20-16(22(15)31)10-14-11-17-23(33(5)6)25(37)21(28(32)40)27(39)30(17,41)26(38)19(14)24(20)36/h12,14,17,23,35-36,39,41H,7-11,13H2,1-6H3,(H2,32,40)/t14-,17-,23-,30-/m0/s1. The number of primary amides is 1. The number of aliphatic hydroxyl groups is 3. The Hall–Kier alpha value is -2.92. The van der Waals surface area contributed by atoms with Gasteiger partial charge in [0.15, 0.2) is 11.4 Å². The molecule has 41 heavy (non-hydrogen) atoms. The van der Waals surface area contributed by atoms with Crippen LogP contribution in [0.4, 0.5) is 0 Å². The highest BCUT2D eigenvalue weighted by Gasteiger charge is 2.64. The fourth-order valence-electron chi connectivity index (χ4n) is 6.55. The van der Waals surface area contributed by atoms with E-state index in [1.165, 1.54) is 11.0 Å². The van der Waals surface area contributed by atoms with E-state index in [4.69, 9.17) is 17.3 Å². The Morgan fingerprint density at radius 1 is 1.20 bits per heavy atom. The highest BCUT2D eigenvalue weighted by molar-refractivity contribution is 6.32. The molecule has 4 atom stereocenters. The number of benzene rings is 1. The predicted molar refractivity (Wildman–Crippen MR) is 154 cm³/mol. The number of Topliss-reactive ketones (excluding diaryl/α,β-unsaturated/α-hetero) is 2. The lowest BCUT2D eigenvalue weighted by Crippen LogP contribution is -2.65. The second-order valence-corrected chi connectivity index (χ2v) is 13.2. The van der Waals surface area contributed by atoms with Crippen LogP contribution in [0.15, 0.2) is 23.0 Å². The van der Waals surface area contributed by atoms with E-state index < -0.39 is 58.0 Å². The van der Waals surface area contributed by atoms with Gasteiger partial charge in [0, 0.05) is 23.1 Å². The summed E-state index contributed by atoms with van der Waals surface area (Å²) in [7, 11) is 3.13. The summed E-state index contributed by atoms with van der Waals surface area (Å²) in [5.41, 5.74) is 2.95. The number of hydrogen-bond donors (Lipinski definition) is 5. The Kier molecular flexibility index (Phi) is 8.12. The summed E-state index contributed by atoms with van der Waals surface area (Å²) in [5.74, 6) is -6.83. The largest absolute Gasteiger partial charge is 0.508 e. The zero-order valence-corrected chi connectivity index (χ0v) is 25.2. The molecule has 10 nitrogen and oxygen atoms in total. The zero-order chi connectivity index (χ0) is 30.8. The number of nitrogens with two attached hydrogens (primary N) is 1. The average molecular weight is 590 g/mol. The van der Waals surface area contributed by atoms with Gasteiger partial charge in [0.1, 0.15) is 22.8 Å². The van der Waals surface area contributed by atoms with Crippen LogP contribution in [0.3, 0.4) is 0 Å². The maximum Gasteiger partial charge on any atom is 0.255 e. The van der Waals surface area contributed by atoms with Crippen LogP contribution in [0.25, 0.3) is 5.76 Å². The number of aliphatic hydroxyl groups excluding tert-OH is 2. The van der Waals surface area contributed by atoms with Crippen molar-refractivity contribution in [1.29, 1.82) is 0 Å². The number of nitrogens with zero attached hydrogens (tertiary/aromatic N) is 2. The Labute approximate surface area is 245 Å². The number of carbonyl (C=O) groups is 3. The molecule has 4 rings (SSSR count). The molecule has 0 spiro atoms. The quantitative estimate of drug-likeness (QED) is 0.301. The van der Waals surface area contributed by atoms with E-state index >= 15 is 0 Å². The summed E-state index contributed by atoms with van der Waals surface area (Å²) in [4.78, 5) is 43.0. The van der Waals surface area contributed by atoms with Crippen LogP contribution in [0.2, 0.25) is 5.02 Å². The van der Waals surface area contributed by atoms with Crippen molar-refractivity contribution < 1.29 is 34.8 Å². The Bertz CT molecular complexity index is 1380. The van der Waals surface area contributed by atoms with Gasteiger partial charge in [-0.2, -0.15) is 0 Å². The van der Waals surface area contributed by atoms with E-state index in [-0.39, 0.29) is 35.1 Å². The van der Waals surface area contributed by atoms with Crippen LogP contribution in [-0.4, -0.2) is 86.5 Å².